The van der Waals surface area contributed by atoms with E-state index in [0.29, 0.717) is 0 Å². The topological polar surface area (TPSA) is 48.2 Å². The lowest BCUT2D eigenvalue weighted by molar-refractivity contribution is 0.604. The first-order chi connectivity index (χ1) is 5.56. The van der Waals surface area contributed by atoms with Crippen LogP contribution in [0.2, 0.25) is 0 Å². The largest absolute Gasteiger partial charge is 0.484 e. The van der Waals surface area contributed by atoms with Gasteiger partial charge < -0.3 is 2.94 Å². The smallest absolute Gasteiger partial charge is 0.108 e. The standard InChI is InChI=1S/C7H7INO2S/c1-6-2-4-7(5-3-6)12(10,11)9-8/h2-5H,1H3/q-1. The highest BCUT2D eigenvalue weighted by Gasteiger charge is 2.00. The van der Waals surface area contributed by atoms with E-state index in [1.165, 1.54) is 22.9 Å². The minimum Gasteiger partial charge on any atom is -0.484 e. The van der Waals surface area contributed by atoms with Gasteiger partial charge in [-0.25, -0.2) is 31.3 Å². The van der Waals surface area contributed by atoms with Gasteiger partial charge in [-0.2, -0.15) is 0 Å². The van der Waals surface area contributed by atoms with Crippen molar-refractivity contribution in [3.05, 3.63) is 32.8 Å². The Morgan fingerprint density at radius 1 is 1.25 bits per heavy atom. The summed E-state index contributed by atoms with van der Waals surface area (Å²) >= 11 is 1.48. The fourth-order valence-corrected chi connectivity index (χ4v) is 1.99. The highest BCUT2D eigenvalue weighted by atomic mass is 127. The van der Waals surface area contributed by atoms with Crippen LogP contribution in [0, 0.1) is 6.92 Å². The molecule has 0 unspecified atom stereocenters. The summed E-state index contributed by atoms with van der Waals surface area (Å²) in [6, 6.07) is 6.59. The van der Waals surface area contributed by atoms with Gasteiger partial charge in [0, 0.05) is 4.90 Å². The maximum atomic E-state index is 11.1. The SMILES string of the molecule is Cc1ccc(S(=O)(=O)[N-]I)cc1. The fraction of sp³-hybridized carbons (Fsp3) is 0.143. The highest BCUT2D eigenvalue weighted by molar-refractivity contribution is 14.1. The molecule has 0 bridgehead atoms. The van der Waals surface area contributed by atoms with Crippen molar-refractivity contribution in [1.29, 1.82) is 0 Å². The molecule has 0 heterocycles. The van der Waals surface area contributed by atoms with Gasteiger partial charge in [0.25, 0.3) is 0 Å². The van der Waals surface area contributed by atoms with Crippen LogP contribution in [0.4, 0.5) is 0 Å². The molecule has 0 aliphatic heterocycles. The lowest BCUT2D eigenvalue weighted by Gasteiger charge is -2.11. The maximum Gasteiger partial charge on any atom is 0.108 e. The molecule has 0 radical (unpaired) electrons. The summed E-state index contributed by atoms with van der Waals surface area (Å²) in [4.78, 5) is 0.238. The van der Waals surface area contributed by atoms with Crippen molar-refractivity contribution < 1.29 is 8.42 Å². The van der Waals surface area contributed by atoms with Crippen LogP contribution < -0.4 is 0 Å². The second-order valence-corrected chi connectivity index (χ2v) is 5.10. The number of rotatable bonds is 2. The van der Waals surface area contributed by atoms with E-state index in [-0.39, 0.29) is 4.90 Å². The number of sulfonamides is 1. The Bertz CT molecular complexity index is 357. The van der Waals surface area contributed by atoms with Crippen molar-refractivity contribution in [2.75, 3.05) is 0 Å². The predicted molar refractivity (Wildman–Crippen MR) is 55.7 cm³/mol. The summed E-state index contributed by atoms with van der Waals surface area (Å²) < 4.78 is 25.5. The first-order valence-electron chi connectivity index (χ1n) is 3.21. The molecule has 0 saturated carbocycles. The van der Waals surface area contributed by atoms with Gasteiger partial charge in [0.1, 0.15) is 10.0 Å². The normalized spacial score (nSPS) is 11.5. The van der Waals surface area contributed by atoms with Gasteiger partial charge in [0.2, 0.25) is 0 Å². The van der Waals surface area contributed by atoms with Crippen LogP contribution in [-0.2, 0) is 10.0 Å². The third kappa shape index (κ3) is 2.18. The Kier molecular flexibility index (Phi) is 3.08. The minimum atomic E-state index is -3.40. The van der Waals surface area contributed by atoms with Crippen LogP contribution in [0.15, 0.2) is 29.2 Å². The van der Waals surface area contributed by atoms with Crippen molar-refractivity contribution in [2.45, 2.75) is 11.8 Å². The zero-order chi connectivity index (χ0) is 9.19. The van der Waals surface area contributed by atoms with Crippen molar-refractivity contribution in [1.82, 2.24) is 0 Å². The van der Waals surface area contributed by atoms with Crippen molar-refractivity contribution in [3.8, 4) is 0 Å². The number of hydrogen-bond donors (Lipinski definition) is 0. The second-order valence-electron chi connectivity index (χ2n) is 2.36. The summed E-state index contributed by atoms with van der Waals surface area (Å²) in [6.45, 7) is 1.90. The molecule has 0 aliphatic rings. The van der Waals surface area contributed by atoms with E-state index in [1.807, 2.05) is 6.92 Å². The van der Waals surface area contributed by atoms with Crippen LogP contribution in [0.1, 0.15) is 5.56 Å². The van der Waals surface area contributed by atoms with E-state index in [0.717, 1.165) is 5.56 Å². The Labute approximate surface area is 85.7 Å². The molecular weight excluding hydrogens is 289 g/mol. The summed E-state index contributed by atoms with van der Waals surface area (Å²) in [6.07, 6.45) is 0. The first kappa shape index (κ1) is 9.94. The molecular formula is C7H7INO2S-. The zero-order valence-corrected chi connectivity index (χ0v) is 9.33. The molecule has 0 atom stereocenters. The third-order valence-corrected chi connectivity index (χ3v) is 4.01. The van der Waals surface area contributed by atoms with Gasteiger partial charge >= 0.3 is 0 Å². The monoisotopic (exact) mass is 296 g/mol. The molecule has 0 aromatic heterocycles. The highest BCUT2D eigenvalue weighted by Crippen LogP contribution is 2.20. The Morgan fingerprint density at radius 2 is 1.75 bits per heavy atom. The molecule has 3 nitrogen and oxygen atoms in total. The lowest BCUT2D eigenvalue weighted by Crippen LogP contribution is -1.94. The van der Waals surface area contributed by atoms with Gasteiger partial charge in [-0.3, -0.25) is 0 Å². The minimum absolute atomic E-state index is 0.238. The van der Waals surface area contributed by atoms with E-state index in [2.05, 4.69) is 2.94 Å². The molecule has 12 heavy (non-hydrogen) atoms. The molecule has 0 spiro atoms. The van der Waals surface area contributed by atoms with Crippen LogP contribution in [0.5, 0.6) is 0 Å². The second kappa shape index (κ2) is 3.71. The van der Waals surface area contributed by atoms with Gasteiger partial charge in [-0.05, 0) is 19.1 Å². The molecule has 0 N–H and O–H groups in total. The quantitative estimate of drug-likeness (QED) is 0.787. The zero-order valence-electron chi connectivity index (χ0n) is 6.36. The molecule has 1 aromatic rings. The average Bonchev–Trinajstić information content (AvgIpc) is 2.05. The van der Waals surface area contributed by atoms with E-state index < -0.39 is 10.0 Å². The summed E-state index contributed by atoms with van der Waals surface area (Å²) in [5.41, 5.74) is 1.03. The summed E-state index contributed by atoms with van der Waals surface area (Å²) in [7, 11) is -3.40. The lowest BCUT2D eigenvalue weighted by atomic mass is 10.2. The fourth-order valence-electron chi connectivity index (χ4n) is 0.750. The number of halogens is 1. The molecule has 0 amide bonds. The van der Waals surface area contributed by atoms with Gasteiger partial charge in [-0.15, -0.1) is 0 Å². The Balaban J connectivity index is 3.14. The van der Waals surface area contributed by atoms with Crippen LogP contribution >= 0.6 is 22.9 Å². The van der Waals surface area contributed by atoms with Gasteiger partial charge in [0.15, 0.2) is 0 Å². The average molecular weight is 296 g/mol. The Hall–Kier alpha value is -0.140. The first-order valence-corrected chi connectivity index (χ1v) is 5.62. The summed E-state index contributed by atoms with van der Waals surface area (Å²) in [5.74, 6) is 0. The summed E-state index contributed by atoms with van der Waals surface area (Å²) in [5, 5.41) is 0. The molecule has 66 valence electrons. The van der Waals surface area contributed by atoms with Crippen LogP contribution in [0.3, 0.4) is 0 Å². The van der Waals surface area contributed by atoms with Crippen molar-refractivity contribution in [3.63, 3.8) is 0 Å². The van der Waals surface area contributed by atoms with Crippen LogP contribution in [0.25, 0.3) is 2.94 Å². The molecule has 0 saturated heterocycles. The Morgan fingerprint density at radius 3 is 2.17 bits per heavy atom. The van der Waals surface area contributed by atoms with E-state index in [1.54, 1.807) is 24.3 Å². The number of aryl methyl sites for hydroxylation is 1. The van der Waals surface area contributed by atoms with Crippen molar-refractivity contribution in [2.24, 2.45) is 0 Å². The van der Waals surface area contributed by atoms with E-state index in [4.69, 9.17) is 0 Å². The van der Waals surface area contributed by atoms with E-state index in [9.17, 15) is 8.42 Å². The molecule has 1 aromatic carbocycles. The molecule has 1 rings (SSSR count). The van der Waals surface area contributed by atoms with Gasteiger partial charge in [-0.1, -0.05) is 17.7 Å². The van der Waals surface area contributed by atoms with Crippen molar-refractivity contribution >= 4 is 32.9 Å². The molecule has 0 aliphatic carbocycles. The third-order valence-electron chi connectivity index (χ3n) is 1.41. The maximum absolute atomic E-state index is 11.1. The number of nitrogens with zero attached hydrogens (tertiary/aromatic N) is 1. The number of hydrogen-bond acceptors (Lipinski definition) is 2. The number of benzene rings is 1. The van der Waals surface area contributed by atoms with Crippen LogP contribution in [-0.4, -0.2) is 8.42 Å². The molecule has 0 fully saturated rings. The van der Waals surface area contributed by atoms with Gasteiger partial charge in [0.05, 0.1) is 0 Å². The predicted octanol–water partition coefficient (Wildman–Crippen LogP) is 2.41. The molecule has 5 heteroatoms. The van der Waals surface area contributed by atoms with E-state index >= 15 is 0 Å².